The lowest BCUT2D eigenvalue weighted by Crippen LogP contribution is -2.34. The lowest BCUT2D eigenvalue weighted by atomic mass is 10.2. The van der Waals surface area contributed by atoms with Gasteiger partial charge in [0.25, 0.3) is 5.91 Å². The summed E-state index contributed by atoms with van der Waals surface area (Å²) in [6.07, 6.45) is 1.08. The fourth-order valence-corrected chi connectivity index (χ4v) is 1.51. The lowest BCUT2D eigenvalue weighted by molar-refractivity contribution is 0.0526. The standard InChI is InChI=1S/C13H20N4O5/c1-13(2,3)22-12(21)15-6-4-5-14-10(18)8-9(11(19)20)17-7-16-8/h7H,4-6H2,1-3H3,(H,14,18)(H,15,21)(H,16,17)(H,19,20). The summed E-state index contributed by atoms with van der Waals surface area (Å²) < 4.78 is 5.05. The summed E-state index contributed by atoms with van der Waals surface area (Å²) >= 11 is 0. The van der Waals surface area contributed by atoms with Crippen LogP contribution in [0, 0.1) is 0 Å². The Kier molecular flexibility index (Phi) is 5.90. The number of imidazole rings is 1. The lowest BCUT2D eigenvalue weighted by Gasteiger charge is -2.19. The Hall–Kier alpha value is -2.58. The SMILES string of the molecule is CC(C)(C)OC(=O)NCCCNC(=O)c1nc[nH]c1C(=O)O. The number of carboxylic acids is 1. The monoisotopic (exact) mass is 312 g/mol. The first-order valence-electron chi connectivity index (χ1n) is 6.72. The third-order valence-corrected chi connectivity index (χ3v) is 2.38. The van der Waals surface area contributed by atoms with E-state index in [-0.39, 0.29) is 17.9 Å². The normalized spacial score (nSPS) is 10.9. The van der Waals surface area contributed by atoms with E-state index >= 15 is 0 Å². The van der Waals surface area contributed by atoms with Crippen LogP contribution in [-0.2, 0) is 4.74 Å². The largest absolute Gasteiger partial charge is 0.477 e. The van der Waals surface area contributed by atoms with E-state index in [0.29, 0.717) is 13.0 Å². The second kappa shape index (κ2) is 7.43. The maximum atomic E-state index is 11.7. The van der Waals surface area contributed by atoms with Crippen LogP contribution in [-0.4, -0.2) is 51.7 Å². The highest BCUT2D eigenvalue weighted by atomic mass is 16.6. The maximum absolute atomic E-state index is 11.7. The molecule has 9 heteroatoms. The van der Waals surface area contributed by atoms with Crippen molar-refractivity contribution >= 4 is 18.0 Å². The maximum Gasteiger partial charge on any atom is 0.407 e. The summed E-state index contributed by atoms with van der Waals surface area (Å²) in [5.41, 5.74) is -0.997. The number of carbonyl (C=O) groups is 3. The zero-order valence-corrected chi connectivity index (χ0v) is 12.7. The van der Waals surface area contributed by atoms with E-state index in [4.69, 9.17) is 9.84 Å². The van der Waals surface area contributed by atoms with Crippen molar-refractivity contribution in [3.8, 4) is 0 Å². The van der Waals surface area contributed by atoms with Crippen LogP contribution in [0.15, 0.2) is 6.33 Å². The van der Waals surface area contributed by atoms with Crippen molar-refractivity contribution in [1.29, 1.82) is 0 Å². The first-order valence-corrected chi connectivity index (χ1v) is 6.72. The highest BCUT2D eigenvalue weighted by molar-refractivity contribution is 6.02. The number of aromatic carboxylic acids is 1. The Morgan fingerprint density at radius 3 is 2.50 bits per heavy atom. The summed E-state index contributed by atoms with van der Waals surface area (Å²) in [5.74, 6) is -1.84. The van der Waals surface area contributed by atoms with Gasteiger partial charge >= 0.3 is 12.1 Å². The molecule has 0 aliphatic heterocycles. The first kappa shape index (κ1) is 17.5. The molecule has 0 saturated heterocycles. The van der Waals surface area contributed by atoms with E-state index < -0.39 is 23.6 Å². The van der Waals surface area contributed by atoms with E-state index in [0.717, 1.165) is 6.33 Å². The van der Waals surface area contributed by atoms with Crippen LogP contribution in [0.25, 0.3) is 0 Å². The molecule has 1 rings (SSSR count). The van der Waals surface area contributed by atoms with Gasteiger partial charge in [-0.05, 0) is 27.2 Å². The molecule has 122 valence electrons. The van der Waals surface area contributed by atoms with Gasteiger partial charge < -0.3 is 25.5 Å². The smallest absolute Gasteiger partial charge is 0.407 e. The second-order valence-corrected chi connectivity index (χ2v) is 5.47. The summed E-state index contributed by atoms with van der Waals surface area (Å²) in [5, 5.41) is 13.9. The molecule has 4 N–H and O–H groups in total. The molecule has 2 amide bonds. The molecule has 0 radical (unpaired) electrons. The van der Waals surface area contributed by atoms with Gasteiger partial charge in [-0.2, -0.15) is 0 Å². The minimum Gasteiger partial charge on any atom is -0.477 e. The highest BCUT2D eigenvalue weighted by Gasteiger charge is 2.19. The minimum absolute atomic E-state index is 0.174. The van der Waals surface area contributed by atoms with Crippen LogP contribution in [0.3, 0.4) is 0 Å². The zero-order chi connectivity index (χ0) is 16.8. The molecular formula is C13H20N4O5. The van der Waals surface area contributed by atoms with Crippen LogP contribution in [0.5, 0.6) is 0 Å². The Balaban J connectivity index is 2.27. The number of hydrogen-bond donors (Lipinski definition) is 4. The zero-order valence-electron chi connectivity index (χ0n) is 12.7. The molecule has 1 aromatic rings. The third kappa shape index (κ3) is 5.81. The number of alkyl carbamates (subject to hydrolysis) is 1. The van der Waals surface area contributed by atoms with Crippen molar-refractivity contribution < 1.29 is 24.2 Å². The number of carbonyl (C=O) groups excluding carboxylic acids is 2. The van der Waals surface area contributed by atoms with Crippen LogP contribution in [0.1, 0.15) is 48.2 Å². The number of nitrogens with zero attached hydrogens (tertiary/aromatic N) is 1. The van der Waals surface area contributed by atoms with Gasteiger partial charge in [-0.1, -0.05) is 0 Å². The van der Waals surface area contributed by atoms with E-state index in [9.17, 15) is 14.4 Å². The fourth-order valence-electron chi connectivity index (χ4n) is 1.51. The Morgan fingerprint density at radius 1 is 1.27 bits per heavy atom. The van der Waals surface area contributed by atoms with Crippen LogP contribution >= 0.6 is 0 Å². The molecular weight excluding hydrogens is 292 g/mol. The predicted octanol–water partition coefficient (Wildman–Crippen LogP) is 0.752. The number of rotatable bonds is 6. The molecule has 0 spiro atoms. The van der Waals surface area contributed by atoms with Crippen molar-refractivity contribution in [1.82, 2.24) is 20.6 Å². The van der Waals surface area contributed by atoms with E-state index in [1.165, 1.54) is 0 Å². The molecule has 0 atom stereocenters. The average molecular weight is 312 g/mol. The third-order valence-electron chi connectivity index (χ3n) is 2.38. The topological polar surface area (TPSA) is 133 Å². The number of H-pyrrole nitrogens is 1. The molecule has 1 aromatic heterocycles. The summed E-state index contributed by atoms with van der Waals surface area (Å²) in [6, 6.07) is 0. The molecule has 0 aliphatic rings. The molecule has 0 saturated carbocycles. The van der Waals surface area contributed by atoms with Gasteiger partial charge in [0.2, 0.25) is 0 Å². The van der Waals surface area contributed by atoms with Crippen molar-refractivity contribution in [3.05, 3.63) is 17.7 Å². The number of nitrogens with one attached hydrogen (secondary N) is 3. The summed E-state index contributed by atoms with van der Waals surface area (Å²) in [4.78, 5) is 40.0. The molecule has 0 aliphatic carbocycles. The summed E-state index contributed by atoms with van der Waals surface area (Å²) in [7, 11) is 0. The van der Waals surface area contributed by atoms with Gasteiger partial charge in [0.1, 0.15) is 5.60 Å². The van der Waals surface area contributed by atoms with Crippen molar-refractivity contribution in [2.45, 2.75) is 32.8 Å². The van der Waals surface area contributed by atoms with Crippen molar-refractivity contribution in [2.24, 2.45) is 0 Å². The molecule has 0 unspecified atom stereocenters. The quantitative estimate of drug-likeness (QED) is 0.573. The highest BCUT2D eigenvalue weighted by Crippen LogP contribution is 2.06. The fraction of sp³-hybridized carbons (Fsp3) is 0.538. The van der Waals surface area contributed by atoms with Crippen LogP contribution in [0.2, 0.25) is 0 Å². The number of hydrogen-bond acceptors (Lipinski definition) is 5. The molecule has 9 nitrogen and oxygen atoms in total. The van der Waals surface area contributed by atoms with E-state index in [1.807, 2.05) is 0 Å². The number of carboxylic acid groups (broad SMARTS) is 1. The Morgan fingerprint density at radius 2 is 1.91 bits per heavy atom. The average Bonchev–Trinajstić information content (AvgIpc) is 2.85. The molecule has 0 fully saturated rings. The number of ether oxygens (including phenoxy) is 1. The van der Waals surface area contributed by atoms with E-state index in [1.54, 1.807) is 20.8 Å². The van der Waals surface area contributed by atoms with Gasteiger partial charge in [0.15, 0.2) is 11.4 Å². The Labute approximate surface area is 127 Å². The van der Waals surface area contributed by atoms with Gasteiger partial charge in [-0.3, -0.25) is 4.79 Å². The molecule has 0 bridgehead atoms. The van der Waals surface area contributed by atoms with Gasteiger partial charge in [0, 0.05) is 13.1 Å². The Bertz CT molecular complexity index is 547. The van der Waals surface area contributed by atoms with E-state index in [2.05, 4.69) is 20.6 Å². The van der Waals surface area contributed by atoms with Crippen molar-refractivity contribution in [2.75, 3.05) is 13.1 Å². The minimum atomic E-state index is -1.26. The molecule has 22 heavy (non-hydrogen) atoms. The van der Waals surface area contributed by atoms with Crippen LogP contribution in [0.4, 0.5) is 4.79 Å². The predicted molar refractivity (Wildman–Crippen MR) is 76.7 cm³/mol. The first-order chi connectivity index (χ1) is 10.2. The second-order valence-electron chi connectivity index (χ2n) is 5.47. The van der Waals surface area contributed by atoms with Gasteiger partial charge in [-0.15, -0.1) is 0 Å². The van der Waals surface area contributed by atoms with Crippen molar-refractivity contribution in [3.63, 3.8) is 0 Å². The number of aromatic amines is 1. The summed E-state index contributed by atoms with van der Waals surface area (Å²) in [6.45, 7) is 5.87. The number of amides is 2. The van der Waals surface area contributed by atoms with Gasteiger partial charge in [-0.25, -0.2) is 14.6 Å². The number of aromatic nitrogens is 2. The van der Waals surface area contributed by atoms with Crippen LogP contribution < -0.4 is 10.6 Å². The van der Waals surface area contributed by atoms with Gasteiger partial charge in [0.05, 0.1) is 6.33 Å². The molecule has 1 heterocycles. The molecule has 0 aromatic carbocycles.